The van der Waals surface area contributed by atoms with Gasteiger partial charge in [0, 0.05) is 0 Å². The van der Waals surface area contributed by atoms with Gasteiger partial charge in [0.05, 0.1) is 12.0 Å². The summed E-state index contributed by atoms with van der Waals surface area (Å²) in [7, 11) is 0. The van der Waals surface area contributed by atoms with Crippen molar-refractivity contribution >= 4 is 17.7 Å². The van der Waals surface area contributed by atoms with Gasteiger partial charge in [0.2, 0.25) is 0 Å². The maximum absolute atomic E-state index is 11.8. The molecule has 0 aromatic rings. The van der Waals surface area contributed by atoms with E-state index in [9.17, 15) is 4.79 Å². The average Bonchev–Trinajstić information content (AvgIpc) is 2.54. The van der Waals surface area contributed by atoms with Crippen molar-refractivity contribution < 1.29 is 9.53 Å². The van der Waals surface area contributed by atoms with Crippen LogP contribution in [0, 0.1) is 5.92 Å². The third-order valence-electron chi connectivity index (χ3n) is 2.98. The molecule has 0 radical (unpaired) electrons. The van der Waals surface area contributed by atoms with E-state index in [1.807, 2.05) is 6.92 Å². The fourth-order valence-corrected chi connectivity index (χ4v) is 3.69. The first-order valence-corrected chi connectivity index (χ1v) is 6.42. The van der Waals surface area contributed by atoms with E-state index in [-0.39, 0.29) is 17.3 Å². The van der Waals surface area contributed by atoms with Crippen LogP contribution < -0.4 is 5.73 Å². The molecule has 84 valence electrons. The van der Waals surface area contributed by atoms with Gasteiger partial charge in [-0.05, 0) is 43.1 Å². The van der Waals surface area contributed by atoms with Gasteiger partial charge < -0.3 is 10.5 Å². The van der Waals surface area contributed by atoms with Crippen LogP contribution in [0.15, 0.2) is 10.5 Å². The molecule has 0 aromatic carbocycles. The van der Waals surface area contributed by atoms with E-state index in [1.165, 1.54) is 23.3 Å². The lowest BCUT2D eigenvalue weighted by molar-refractivity contribution is -0.146. The molecule has 0 bridgehead atoms. The normalized spacial score (nSPS) is 30.3. The molecular formula is C11H17NO2S. The number of ether oxygens (including phenoxy) is 1. The lowest BCUT2D eigenvalue weighted by Gasteiger charge is -2.18. The Bertz CT molecular complexity index is 301. The number of allylic oxidation sites excluding steroid dienone is 1. The zero-order valence-corrected chi connectivity index (χ0v) is 9.81. The summed E-state index contributed by atoms with van der Waals surface area (Å²) < 4.78 is 5.08. The van der Waals surface area contributed by atoms with Gasteiger partial charge in [0.15, 0.2) is 0 Å². The first-order chi connectivity index (χ1) is 7.24. The van der Waals surface area contributed by atoms with E-state index >= 15 is 0 Å². The smallest absolute Gasteiger partial charge is 0.315 e. The van der Waals surface area contributed by atoms with Crippen LogP contribution in [0.4, 0.5) is 0 Å². The molecule has 1 aliphatic heterocycles. The summed E-state index contributed by atoms with van der Waals surface area (Å²) in [6.07, 6.45) is 4.54. The first kappa shape index (κ1) is 11.0. The minimum Gasteiger partial charge on any atom is -0.465 e. The van der Waals surface area contributed by atoms with E-state index in [0.29, 0.717) is 6.61 Å². The summed E-state index contributed by atoms with van der Waals surface area (Å²) in [6, 6.07) is 0. The monoisotopic (exact) mass is 227 g/mol. The summed E-state index contributed by atoms with van der Waals surface area (Å²) in [5, 5.41) is -0.118. The summed E-state index contributed by atoms with van der Waals surface area (Å²) in [4.78, 5) is 13.1. The molecule has 0 saturated carbocycles. The highest BCUT2D eigenvalue weighted by molar-refractivity contribution is 8.03. The van der Waals surface area contributed by atoms with Gasteiger partial charge >= 0.3 is 5.97 Å². The number of nitrogens with two attached hydrogens (primary N) is 1. The first-order valence-electron chi connectivity index (χ1n) is 5.54. The third kappa shape index (κ3) is 2.06. The Labute approximate surface area is 94.4 Å². The molecule has 15 heavy (non-hydrogen) atoms. The van der Waals surface area contributed by atoms with Gasteiger partial charge in [-0.15, -0.1) is 11.8 Å². The van der Waals surface area contributed by atoms with E-state index in [0.717, 1.165) is 12.8 Å². The molecule has 2 N–H and O–H groups in total. The number of hydrogen-bond donors (Lipinski definition) is 1. The molecule has 3 nitrogen and oxygen atoms in total. The average molecular weight is 227 g/mol. The lowest BCUT2D eigenvalue weighted by Crippen LogP contribution is -2.32. The SMILES string of the molecule is CCOC(=O)C1C2=C(CCCC2)SC1N. The predicted octanol–water partition coefficient (Wildman–Crippen LogP) is 2.03. The van der Waals surface area contributed by atoms with Crippen LogP contribution in [-0.4, -0.2) is 18.0 Å². The summed E-state index contributed by atoms with van der Waals surface area (Å²) in [5.74, 6) is -0.311. The zero-order valence-electron chi connectivity index (χ0n) is 8.99. The van der Waals surface area contributed by atoms with Crippen molar-refractivity contribution in [3.8, 4) is 0 Å². The molecule has 1 aliphatic carbocycles. The maximum atomic E-state index is 11.8. The molecule has 2 rings (SSSR count). The van der Waals surface area contributed by atoms with E-state index < -0.39 is 0 Å². The highest BCUT2D eigenvalue weighted by Crippen LogP contribution is 2.47. The number of rotatable bonds is 2. The molecule has 4 heteroatoms. The minimum atomic E-state index is -0.176. The molecule has 0 saturated heterocycles. The van der Waals surface area contributed by atoms with Crippen molar-refractivity contribution in [3.05, 3.63) is 10.5 Å². The molecule has 2 atom stereocenters. The van der Waals surface area contributed by atoms with Crippen LogP contribution in [-0.2, 0) is 9.53 Å². The summed E-state index contributed by atoms with van der Waals surface area (Å²) >= 11 is 1.67. The Morgan fingerprint density at radius 2 is 2.27 bits per heavy atom. The molecule has 0 aromatic heterocycles. The largest absolute Gasteiger partial charge is 0.465 e. The predicted molar refractivity (Wildman–Crippen MR) is 61.2 cm³/mol. The van der Waals surface area contributed by atoms with E-state index in [2.05, 4.69) is 0 Å². The minimum absolute atomic E-state index is 0.118. The fraction of sp³-hybridized carbons (Fsp3) is 0.727. The second kappa shape index (κ2) is 4.58. The molecule has 0 spiro atoms. The molecule has 0 amide bonds. The van der Waals surface area contributed by atoms with Crippen molar-refractivity contribution in [3.63, 3.8) is 0 Å². The number of hydrogen-bond acceptors (Lipinski definition) is 4. The lowest BCUT2D eigenvalue weighted by atomic mass is 9.89. The van der Waals surface area contributed by atoms with Crippen LogP contribution in [0.5, 0.6) is 0 Å². The van der Waals surface area contributed by atoms with Gasteiger partial charge in [-0.3, -0.25) is 4.79 Å². The van der Waals surface area contributed by atoms with Gasteiger partial charge in [-0.25, -0.2) is 0 Å². The highest BCUT2D eigenvalue weighted by atomic mass is 32.2. The van der Waals surface area contributed by atoms with Crippen LogP contribution in [0.3, 0.4) is 0 Å². The fourth-order valence-electron chi connectivity index (χ4n) is 2.30. The van der Waals surface area contributed by atoms with Crippen LogP contribution in [0.2, 0.25) is 0 Å². The Balaban J connectivity index is 2.15. The topological polar surface area (TPSA) is 52.3 Å². The van der Waals surface area contributed by atoms with Gasteiger partial charge in [-0.1, -0.05) is 0 Å². The van der Waals surface area contributed by atoms with Crippen LogP contribution in [0.25, 0.3) is 0 Å². The standard InChI is InChI=1S/C11H17NO2S/c1-2-14-11(13)9-7-5-3-4-6-8(7)15-10(9)12/h9-10H,2-6,12H2,1H3. The van der Waals surface area contributed by atoms with Crippen molar-refractivity contribution in [2.24, 2.45) is 11.7 Å². The van der Waals surface area contributed by atoms with Gasteiger partial charge in [0.1, 0.15) is 5.92 Å². The molecule has 1 heterocycles. The number of thioether (sulfide) groups is 1. The Hall–Kier alpha value is -0.480. The van der Waals surface area contributed by atoms with Crippen LogP contribution in [0.1, 0.15) is 32.6 Å². The zero-order chi connectivity index (χ0) is 10.8. The van der Waals surface area contributed by atoms with E-state index in [1.54, 1.807) is 11.8 Å². The number of carbonyl (C=O) groups excluding carboxylic acids is 1. The van der Waals surface area contributed by atoms with Crippen molar-refractivity contribution in [1.29, 1.82) is 0 Å². The second-order valence-electron chi connectivity index (χ2n) is 3.97. The third-order valence-corrected chi connectivity index (χ3v) is 4.28. The summed E-state index contributed by atoms with van der Waals surface area (Å²) in [6.45, 7) is 2.27. The Morgan fingerprint density at radius 3 is 3.00 bits per heavy atom. The van der Waals surface area contributed by atoms with Crippen molar-refractivity contribution in [2.45, 2.75) is 38.0 Å². The Morgan fingerprint density at radius 1 is 1.53 bits per heavy atom. The maximum Gasteiger partial charge on any atom is 0.315 e. The molecular weight excluding hydrogens is 210 g/mol. The quantitative estimate of drug-likeness (QED) is 0.733. The van der Waals surface area contributed by atoms with Crippen molar-refractivity contribution in [2.75, 3.05) is 6.61 Å². The van der Waals surface area contributed by atoms with Gasteiger partial charge in [-0.2, -0.15) is 0 Å². The van der Waals surface area contributed by atoms with Gasteiger partial charge in [0.25, 0.3) is 0 Å². The number of esters is 1. The van der Waals surface area contributed by atoms with E-state index in [4.69, 9.17) is 10.5 Å². The highest BCUT2D eigenvalue weighted by Gasteiger charge is 2.39. The number of carbonyl (C=O) groups is 1. The molecule has 0 fully saturated rings. The molecule has 2 aliphatic rings. The van der Waals surface area contributed by atoms with Crippen LogP contribution >= 0.6 is 11.8 Å². The summed E-state index contributed by atoms with van der Waals surface area (Å²) in [5.41, 5.74) is 7.25. The Kier molecular flexibility index (Phi) is 3.36. The van der Waals surface area contributed by atoms with Crippen molar-refractivity contribution in [1.82, 2.24) is 0 Å². The second-order valence-corrected chi connectivity index (χ2v) is 5.24. The molecule has 2 unspecified atom stereocenters.